The van der Waals surface area contributed by atoms with Crippen LogP contribution in [0.4, 0.5) is 5.00 Å². The summed E-state index contributed by atoms with van der Waals surface area (Å²) in [4.78, 5) is 39.9. The third kappa shape index (κ3) is 4.36. The average Bonchev–Trinajstić information content (AvgIpc) is 3.16. The molecule has 1 aromatic heterocycles. The van der Waals surface area contributed by atoms with E-state index in [-0.39, 0.29) is 24.6 Å². The van der Waals surface area contributed by atoms with Gasteiger partial charge < -0.3 is 14.8 Å². The summed E-state index contributed by atoms with van der Waals surface area (Å²) in [6.45, 7) is 5.56. The maximum absolute atomic E-state index is 13.5. The molecule has 36 heavy (non-hydrogen) atoms. The summed E-state index contributed by atoms with van der Waals surface area (Å²) in [6.07, 6.45) is 6.64. The van der Waals surface area contributed by atoms with E-state index in [0.717, 1.165) is 42.5 Å². The zero-order valence-electron chi connectivity index (χ0n) is 21.4. The number of rotatable bonds is 8. The Labute approximate surface area is 216 Å². The smallest absolute Gasteiger partial charge is 0.341 e. The number of esters is 2. The number of anilines is 1. The van der Waals surface area contributed by atoms with Crippen LogP contribution in [0.1, 0.15) is 78.7 Å². The summed E-state index contributed by atoms with van der Waals surface area (Å²) in [5.41, 5.74) is 2.15. The molecule has 1 aromatic carbocycles. The molecule has 2 aromatic rings. The number of hydrogen-bond donors (Lipinski definition) is 1. The first-order valence-corrected chi connectivity index (χ1v) is 13.9. The lowest BCUT2D eigenvalue weighted by molar-refractivity contribution is -0.175. The second-order valence-corrected chi connectivity index (χ2v) is 12.2. The van der Waals surface area contributed by atoms with Gasteiger partial charge in [0.1, 0.15) is 5.00 Å². The molecule has 2 atom stereocenters. The standard InChI is InChI=1S/C29H35NO5S/c1-4-22-18(3)36-25(24(22)26(32)34-5-2)30-23(31)16-35-27(33)29-14-19-11-20(15-29)13-28(12-19,17-29)21-9-7-6-8-10-21/h6-10,19-20H,4-5,11-17H2,1-3H3,(H,30,31). The Morgan fingerprint density at radius 2 is 1.72 bits per heavy atom. The van der Waals surface area contributed by atoms with Crippen LogP contribution >= 0.6 is 11.3 Å². The molecule has 0 aliphatic heterocycles. The van der Waals surface area contributed by atoms with Gasteiger partial charge in [-0.05, 0) is 87.2 Å². The van der Waals surface area contributed by atoms with Crippen molar-refractivity contribution < 1.29 is 23.9 Å². The highest BCUT2D eigenvalue weighted by Gasteiger charge is 2.61. The normalized spacial score (nSPS) is 28.1. The molecule has 6 rings (SSSR count). The summed E-state index contributed by atoms with van der Waals surface area (Å²) in [6, 6.07) is 10.6. The third-order valence-corrected chi connectivity index (χ3v) is 9.57. The van der Waals surface area contributed by atoms with Gasteiger partial charge in [0.05, 0.1) is 17.6 Å². The van der Waals surface area contributed by atoms with E-state index in [0.29, 0.717) is 28.8 Å². The van der Waals surface area contributed by atoms with E-state index in [1.54, 1.807) is 6.92 Å². The molecule has 1 N–H and O–H groups in total. The van der Waals surface area contributed by atoms with Gasteiger partial charge in [0, 0.05) is 4.88 Å². The lowest BCUT2D eigenvalue weighted by Crippen LogP contribution is -2.57. The number of carbonyl (C=O) groups is 3. The molecule has 4 fully saturated rings. The van der Waals surface area contributed by atoms with Gasteiger partial charge in [-0.25, -0.2) is 4.79 Å². The lowest BCUT2D eigenvalue weighted by atomic mass is 9.43. The zero-order chi connectivity index (χ0) is 25.5. The molecule has 1 amide bonds. The van der Waals surface area contributed by atoms with E-state index >= 15 is 0 Å². The molecule has 6 nitrogen and oxygen atoms in total. The number of carbonyl (C=O) groups excluding carboxylic acids is 3. The van der Waals surface area contributed by atoms with Crippen molar-refractivity contribution >= 4 is 34.2 Å². The van der Waals surface area contributed by atoms with Crippen molar-refractivity contribution in [2.45, 2.75) is 71.1 Å². The van der Waals surface area contributed by atoms with Crippen LogP contribution in [0.2, 0.25) is 0 Å². The molecule has 7 heteroatoms. The summed E-state index contributed by atoms with van der Waals surface area (Å²) in [5.74, 6) is -0.0524. The SMILES string of the molecule is CCOC(=O)c1c(NC(=O)COC(=O)C23CC4CC(C2)CC(c2ccccc2)(C4)C3)sc(C)c1CC. The molecule has 4 bridgehead atoms. The maximum Gasteiger partial charge on any atom is 0.341 e. The summed E-state index contributed by atoms with van der Waals surface area (Å²) >= 11 is 1.35. The van der Waals surface area contributed by atoms with Crippen molar-refractivity contribution in [1.29, 1.82) is 0 Å². The monoisotopic (exact) mass is 509 g/mol. The predicted octanol–water partition coefficient (Wildman–Crippen LogP) is 5.82. The van der Waals surface area contributed by atoms with Crippen LogP contribution in [0.15, 0.2) is 30.3 Å². The first-order chi connectivity index (χ1) is 17.3. The van der Waals surface area contributed by atoms with Gasteiger partial charge in [0.15, 0.2) is 6.61 Å². The number of benzene rings is 1. The third-order valence-electron chi connectivity index (χ3n) is 8.51. The first-order valence-electron chi connectivity index (χ1n) is 13.1. The first kappa shape index (κ1) is 25.0. The van der Waals surface area contributed by atoms with Gasteiger partial charge >= 0.3 is 11.9 Å². The fourth-order valence-corrected chi connectivity index (χ4v) is 8.74. The quantitative estimate of drug-likeness (QED) is 0.454. The van der Waals surface area contributed by atoms with E-state index < -0.39 is 17.3 Å². The molecule has 0 radical (unpaired) electrons. The van der Waals surface area contributed by atoms with Crippen LogP contribution in [0.3, 0.4) is 0 Å². The number of ether oxygens (including phenoxy) is 2. The molecule has 4 aliphatic carbocycles. The largest absolute Gasteiger partial charge is 0.462 e. The van der Waals surface area contributed by atoms with E-state index in [4.69, 9.17) is 9.47 Å². The Bertz CT molecular complexity index is 1160. The van der Waals surface area contributed by atoms with Crippen molar-refractivity contribution in [1.82, 2.24) is 0 Å². The van der Waals surface area contributed by atoms with Gasteiger partial charge in [0.2, 0.25) is 0 Å². The number of aryl methyl sites for hydroxylation is 1. The topological polar surface area (TPSA) is 81.7 Å². The second kappa shape index (κ2) is 9.66. The zero-order valence-corrected chi connectivity index (χ0v) is 22.2. The van der Waals surface area contributed by atoms with E-state index in [1.807, 2.05) is 19.9 Å². The summed E-state index contributed by atoms with van der Waals surface area (Å²) in [7, 11) is 0. The van der Waals surface area contributed by atoms with Gasteiger partial charge in [-0.15, -0.1) is 11.3 Å². The molecule has 0 saturated heterocycles. The lowest BCUT2D eigenvalue weighted by Gasteiger charge is -2.61. The Kier molecular flexibility index (Phi) is 6.70. The van der Waals surface area contributed by atoms with Crippen LogP contribution < -0.4 is 5.32 Å². The molecular formula is C29H35NO5S. The minimum absolute atomic E-state index is 0.0339. The van der Waals surface area contributed by atoms with Crippen molar-refractivity contribution in [2.75, 3.05) is 18.5 Å². The fourth-order valence-electron chi connectivity index (χ4n) is 7.59. The van der Waals surface area contributed by atoms with Crippen LogP contribution in [-0.2, 0) is 30.9 Å². The van der Waals surface area contributed by atoms with Gasteiger partial charge in [0.25, 0.3) is 5.91 Å². The van der Waals surface area contributed by atoms with Gasteiger partial charge in [-0.3, -0.25) is 9.59 Å². The predicted molar refractivity (Wildman–Crippen MR) is 139 cm³/mol. The van der Waals surface area contributed by atoms with E-state index in [1.165, 1.54) is 23.3 Å². The van der Waals surface area contributed by atoms with Gasteiger partial charge in [-0.2, -0.15) is 0 Å². The van der Waals surface area contributed by atoms with Crippen LogP contribution in [0, 0.1) is 24.2 Å². The van der Waals surface area contributed by atoms with Crippen LogP contribution in [-0.4, -0.2) is 31.1 Å². The molecular weight excluding hydrogens is 474 g/mol. The highest BCUT2D eigenvalue weighted by Crippen LogP contribution is 2.66. The van der Waals surface area contributed by atoms with Crippen molar-refractivity contribution in [3.8, 4) is 0 Å². The highest BCUT2D eigenvalue weighted by atomic mass is 32.1. The molecule has 1 heterocycles. The second-order valence-electron chi connectivity index (χ2n) is 10.9. The number of hydrogen-bond acceptors (Lipinski definition) is 6. The molecule has 0 spiro atoms. The number of nitrogens with one attached hydrogen (secondary N) is 1. The van der Waals surface area contributed by atoms with Crippen LogP contribution in [0.25, 0.3) is 0 Å². The Hall–Kier alpha value is -2.67. The Morgan fingerprint density at radius 3 is 2.36 bits per heavy atom. The minimum Gasteiger partial charge on any atom is -0.462 e. The summed E-state index contributed by atoms with van der Waals surface area (Å²) < 4.78 is 10.9. The molecule has 2 unspecified atom stereocenters. The molecule has 4 aliphatic rings. The van der Waals surface area contributed by atoms with Crippen molar-refractivity contribution in [3.63, 3.8) is 0 Å². The van der Waals surface area contributed by atoms with Gasteiger partial charge in [-0.1, -0.05) is 37.3 Å². The molecule has 192 valence electrons. The Balaban J connectivity index is 1.28. The fraction of sp³-hybridized carbons (Fsp3) is 0.552. The van der Waals surface area contributed by atoms with Crippen LogP contribution in [0.5, 0.6) is 0 Å². The maximum atomic E-state index is 13.5. The molecule has 4 saturated carbocycles. The Morgan fingerprint density at radius 1 is 1.03 bits per heavy atom. The number of thiophene rings is 1. The van der Waals surface area contributed by atoms with E-state index in [2.05, 4.69) is 29.6 Å². The highest BCUT2D eigenvalue weighted by molar-refractivity contribution is 7.16. The van der Waals surface area contributed by atoms with E-state index in [9.17, 15) is 14.4 Å². The van der Waals surface area contributed by atoms with Crippen molar-refractivity contribution in [2.24, 2.45) is 17.3 Å². The number of amides is 1. The minimum atomic E-state index is -0.509. The average molecular weight is 510 g/mol. The van der Waals surface area contributed by atoms with Crippen molar-refractivity contribution in [3.05, 3.63) is 51.9 Å². The summed E-state index contributed by atoms with van der Waals surface area (Å²) in [5, 5.41) is 3.27.